The first-order valence-corrected chi connectivity index (χ1v) is 5.39. The molecule has 88 valence electrons. The summed E-state index contributed by atoms with van der Waals surface area (Å²) in [6.45, 7) is 1.38. The molecule has 0 aliphatic carbocycles. The van der Waals surface area contributed by atoms with Crippen LogP contribution in [0.1, 0.15) is 22.1 Å². The molecule has 3 nitrogen and oxygen atoms in total. The highest BCUT2D eigenvalue weighted by atomic mass is 32.2. The minimum absolute atomic E-state index is 0.0910. The van der Waals surface area contributed by atoms with E-state index in [0.717, 1.165) is 0 Å². The number of hydrogen-bond donors (Lipinski definition) is 2. The molecule has 1 atom stereocenters. The van der Waals surface area contributed by atoms with Crippen molar-refractivity contribution in [2.45, 2.75) is 23.3 Å². The minimum atomic E-state index is -4.41. The van der Waals surface area contributed by atoms with E-state index in [1.807, 2.05) is 0 Å². The van der Waals surface area contributed by atoms with Gasteiger partial charge in [-0.15, -0.1) is 11.8 Å². The van der Waals surface area contributed by atoms with Crippen LogP contribution in [-0.2, 0) is 6.18 Å². The van der Waals surface area contributed by atoms with Crippen LogP contribution in [0.4, 0.5) is 13.2 Å². The van der Waals surface area contributed by atoms with E-state index in [0.29, 0.717) is 5.56 Å². The van der Waals surface area contributed by atoms with Crippen LogP contribution in [0.15, 0.2) is 12.3 Å². The molecule has 1 fully saturated rings. The number of pyridine rings is 1. The number of rotatable bonds is 1. The molecule has 0 spiro atoms. The lowest BCUT2D eigenvalue weighted by atomic mass is 10.1. The average molecular weight is 249 g/mol. The van der Waals surface area contributed by atoms with E-state index >= 15 is 0 Å². The van der Waals surface area contributed by atoms with E-state index in [4.69, 9.17) is 11.5 Å². The van der Waals surface area contributed by atoms with Gasteiger partial charge < -0.3 is 11.5 Å². The van der Waals surface area contributed by atoms with Crippen molar-refractivity contribution in [2.24, 2.45) is 11.5 Å². The lowest BCUT2D eigenvalue weighted by molar-refractivity contribution is -0.141. The third kappa shape index (κ3) is 2.02. The first-order valence-electron chi connectivity index (χ1n) is 4.51. The molecule has 1 unspecified atom stereocenters. The predicted molar refractivity (Wildman–Crippen MR) is 55.4 cm³/mol. The molecule has 0 amide bonds. The molecular weight excluding hydrogens is 239 g/mol. The van der Waals surface area contributed by atoms with Crippen LogP contribution in [0.3, 0.4) is 0 Å². The molecule has 7 heteroatoms. The van der Waals surface area contributed by atoms with Gasteiger partial charge in [-0.05, 0) is 18.1 Å². The number of aryl methyl sites for hydroxylation is 1. The van der Waals surface area contributed by atoms with Gasteiger partial charge in [0.2, 0.25) is 0 Å². The number of aromatic nitrogens is 1. The Morgan fingerprint density at radius 1 is 1.44 bits per heavy atom. The minimum Gasteiger partial charge on any atom is -0.304 e. The Balaban J connectivity index is 2.31. The van der Waals surface area contributed by atoms with Crippen LogP contribution in [-0.4, -0.2) is 9.98 Å². The van der Waals surface area contributed by atoms with Crippen LogP contribution in [0, 0.1) is 6.92 Å². The zero-order valence-electron chi connectivity index (χ0n) is 8.38. The molecule has 0 radical (unpaired) electrons. The van der Waals surface area contributed by atoms with Crippen molar-refractivity contribution in [3.05, 3.63) is 29.1 Å². The number of nitrogens with two attached hydrogens (primary N) is 2. The smallest absolute Gasteiger partial charge is 0.304 e. The van der Waals surface area contributed by atoms with E-state index in [-0.39, 0.29) is 10.8 Å². The summed E-state index contributed by atoms with van der Waals surface area (Å²) < 4.78 is 37.3. The fourth-order valence-electron chi connectivity index (χ4n) is 1.54. The van der Waals surface area contributed by atoms with E-state index in [1.165, 1.54) is 30.9 Å². The summed E-state index contributed by atoms with van der Waals surface area (Å²) in [5.74, 6) is 0. The van der Waals surface area contributed by atoms with Gasteiger partial charge in [-0.3, -0.25) is 4.98 Å². The van der Waals surface area contributed by atoms with Crippen LogP contribution < -0.4 is 11.5 Å². The Morgan fingerprint density at radius 3 is 2.38 bits per heavy atom. The lowest BCUT2D eigenvalue weighted by Crippen LogP contribution is -2.34. The fourth-order valence-corrected chi connectivity index (χ4v) is 2.28. The largest absolute Gasteiger partial charge is 0.433 e. The summed E-state index contributed by atoms with van der Waals surface area (Å²) >= 11 is 1.30. The maximum absolute atomic E-state index is 12.4. The summed E-state index contributed by atoms with van der Waals surface area (Å²) in [6.07, 6.45) is -3.23. The molecule has 2 heterocycles. The summed E-state index contributed by atoms with van der Waals surface area (Å²) in [6, 6.07) is 1.44. The summed E-state index contributed by atoms with van der Waals surface area (Å²) in [7, 11) is 0. The van der Waals surface area contributed by atoms with Crippen molar-refractivity contribution in [1.82, 2.24) is 4.98 Å². The van der Waals surface area contributed by atoms with E-state index in [9.17, 15) is 13.2 Å². The molecule has 1 aromatic rings. The second-order valence-electron chi connectivity index (χ2n) is 3.78. The van der Waals surface area contributed by atoms with Crippen LogP contribution in [0.2, 0.25) is 0 Å². The van der Waals surface area contributed by atoms with Gasteiger partial charge in [-0.2, -0.15) is 13.2 Å². The number of hydrogen-bond acceptors (Lipinski definition) is 4. The standard InChI is InChI=1S/C9H10F3N3S/c1-4-2-5(7-9(13,14)16-7)3-15-6(4)8(10,11)12/h2-3,7H,13-14H2,1H3. The zero-order chi connectivity index (χ0) is 12.1. The van der Waals surface area contributed by atoms with Crippen molar-refractivity contribution < 1.29 is 13.2 Å². The van der Waals surface area contributed by atoms with E-state index in [1.54, 1.807) is 0 Å². The topological polar surface area (TPSA) is 64.9 Å². The van der Waals surface area contributed by atoms with E-state index in [2.05, 4.69) is 4.98 Å². The van der Waals surface area contributed by atoms with Gasteiger partial charge in [-0.1, -0.05) is 6.07 Å². The summed E-state index contributed by atoms with van der Waals surface area (Å²) in [4.78, 5) is 2.56. The molecule has 4 N–H and O–H groups in total. The van der Waals surface area contributed by atoms with Crippen molar-refractivity contribution in [2.75, 3.05) is 0 Å². The number of nitrogens with zero attached hydrogens (tertiary/aromatic N) is 1. The normalized spacial score (nSPS) is 23.2. The third-order valence-electron chi connectivity index (χ3n) is 2.35. The molecule has 1 aliphatic rings. The van der Waals surface area contributed by atoms with Crippen LogP contribution >= 0.6 is 11.8 Å². The number of halogens is 3. The van der Waals surface area contributed by atoms with Gasteiger partial charge in [0.1, 0.15) is 10.7 Å². The molecule has 1 saturated heterocycles. The second-order valence-corrected chi connectivity index (χ2v) is 5.20. The SMILES string of the molecule is Cc1cc(C2SC2(N)N)cnc1C(F)(F)F. The highest BCUT2D eigenvalue weighted by molar-refractivity contribution is 8.08. The van der Waals surface area contributed by atoms with Crippen molar-refractivity contribution >= 4 is 11.8 Å². The Hall–Kier alpha value is -0.790. The van der Waals surface area contributed by atoms with Crippen molar-refractivity contribution in [3.63, 3.8) is 0 Å². The number of alkyl halides is 3. The van der Waals surface area contributed by atoms with Gasteiger partial charge in [0.25, 0.3) is 0 Å². The average Bonchev–Trinajstić information content (AvgIpc) is 2.72. The molecule has 0 saturated carbocycles. The molecule has 0 bridgehead atoms. The van der Waals surface area contributed by atoms with Gasteiger partial charge in [0.05, 0.1) is 5.25 Å². The monoisotopic (exact) mass is 249 g/mol. The highest BCUT2D eigenvalue weighted by Gasteiger charge is 2.50. The number of thioether (sulfide) groups is 1. The molecule has 1 aliphatic heterocycles. The Kier molecular flexibility index (Phi) is 2.45. The predicted octanol–water partition coefficient (Wildman–Crippen LogP) is 1.77. The van der Waals surface area contributed by atoms with Gasteiger partial charge in [0.15, 0.2) is 0 Å². The van der Waals surface area contributed by atoms with Gasteiger partial charge >= 0.3 is 6.18 Å². The third-order valence-corrected chi connectivity index (χ3v) is 3.63. The fraction of sp³-hybridized carbons (Fsp3) is 0.444. The maximum atomic E-state index is 12.4. The van der Waals surface area contributed by atoms with Crippen molar-refractivity contribution in [3.8, 4) is 0 Å². The zero-order valence-corrected chi connectivity index (χ0v) is 9.19. The Bertz CT molecular complexity index is 430. The van der Waals surface area contributed by atoms with Gasteiger partial charge in [0, 0.05) is 6.20 Å². The molecular formula is C9H10F3N3S. The first-order chi connectivity index (χ1) is 7.22. The second kappa shape index (κ2) is 3.35. The van der Waals surface area contributed by atoms with Crippen LogP contribution in [0.25, 0.3) is 0 Å². The Morgan fingerprint density at radius 2 is 2.00 bits per heavy atom. The molecule has 16 heavy (non-hydrogen) atoms. The van der Waals surface area contributed by atoms with Crippen molar-refractivity contribution in [1.29, 1.82) is 0 Å². The first kappa shape index (κ1) is 11.7. The summed E-state index contributed by atoms with van der Waals surface area (Å²) in [5, 5.41) is -0.166. The summed E-state index contributed by atoms with van der Waals surface area (Å²) in [5.41, 5.74) is 11.1. The maximum Gasteiger partial charge on any atom is 0.433 e. The van der Waals surface area contributed by atoms with Crippen LogP contribution in [0.5, 0.6) is 0 Å². The molecule has 0 aromatic carbocycles. The molecule has 1 aromatic heterocycles. The Labute approximate surface area is 94.4 Å². The quantitative estimate of drug-likeness (QED) is 0.588. The lowest BCUT2D eigenvalue weighted by Gasteiger charge is -2.10. The highest BCUT2D eigenvalue weighted by Crippen LogP contribution is 2.57. The molecule has 2 rings (SSSR count). The van der Waals surface area contributed by atoms with E-state index < -0.39 is 16.9 Å². The van der Waals surface area contributed by atoms with Gasteiger partial charge in [-0.25, -0.2) is 0 Å².